The number of carbonyl (C=O) groups is 2. The lowest BCUT2D eigenvalue weighted by molar-refractivity contribution is -0.116. The molecule has 0 bridgehead atoms. The van der Waals surface area contributed by atoms with E-state index >= 15 is 0 Å². The number of fused-ring (bicyclic) bond motifs is 2. The van der Waals surface area contributed by atoms with Crippen LogP contribution >= 0.6 is 11.7 Å². The molecule has 142 valence electrons. The molecule has 10 heteroatoms. The summed E-state index contributed by atoms with van der Waals surface area (Å²) in [5, 5.41) is 2.82. The van der Waals surface area contributed by atoms with Crippen molar-refractivity contribution in [1.82, 2.24) is 13.6 Å². The fourth-order valence-electron chi connectivity index (χ4n) is 3.29. The number of urea groups is 1. The highest BCUT2D eigenvalue weighted by molar-refractivity contribution is 7.00. The maximum atomic E-state index is 12.7. The average Bonchev–Trinajstić information content (AvgIpc) is 3.42. The van der Waals surface area contributed by atoms with Crippen molar-refractivity contribution in [1.29, 1.82) is 0 Å². The van der Waals surface area contributed by atoms with Crippen LogP contribution in [-0.2, 0) is 4.79 Å². The van der Waals surface area contributed by atoms with Crippen LogP contribution in [0, 0.1) is 0 Å². The number of nitrogens with one attached hydrogen (secondary N) is 1. The summed E-state index contributed by atoms with van der Waals surface area (Å²) >= 11 is 1.09. The van der Waals surface area contributed by atoms with Crippen LogP contribution in [0.1, 0.15) is 0 Å². The first-order valence-corrected chi connectivity index (χ1v) is 9.39. The number of benzene rings is 2. The second-order valence-corrected chi connectivity index (χ2v) is 6.91. The molecule has 1 fully saturated rings. The van der Waals surface area contributed by atoms with Gasteiger partial charge in [-0.15, -0.1) is 0 Å². The highest BCUT2D eigenvalue weighted by atomic mass is 32.1. The normalized spacial score (nSPS) is 15.5. The first-order valence-electron chi connectivity index (χ1n) is 8.66. The van der Waals surface area contributed by atoms with Gasteiger partial charge in [0.15, 0.2) is 11.5 Å². The van der Waals surface area contributed by atoms with Crippen molar-refractivity contribution in [2.24, 2.45) is 0 Å². The van der Waals surface area contributed by atoms with Crippen molar-refractivity contribution in [2.75, 3.05) is 36.6 Å². The minimum atomic E-state index is -0.276. The lowest BCUT2D eigenvalue weighted by atomic mass is 10.2. The summed E-state index contributed by atoms with van der Waals surface area (Å²) in [6, 6.07) is 10.6. The standard InChI is InChI=1S/C18H15N5O4S/c24-16(19-12-2-1-3-13-17(12)21-28-20-13)9-22-6-7-23(18(22)25)11-4-5-14-15(8-11)27-10-26-14/h1-5,8H,6-7,9-10H2,(H,19,24). The first kappa shape index (κ1) is 16.8. The van der Waals surface area contributed by atoms with E-state index in [0.29, 0.717) is 35.8 Å². The summed E-state index contributed by atoms with van der Waals surface area (Å²) in [6.45, 7) is 1.11. The van der Waals surface area contributed by atoms with Crippen LogP contribution in [-0.4, -0.2) is 52.0 Å². The number of amides is 3. The molecule has 0 atom stereocenters. The van der Waals surface area contributed by atoms with E-state index in [9.17, 15) is 9.59 Å². The Labute approximate surface area is 163 Å². The van der Waals surface area contributed by atoms with E-state index < -0.39 is 0 Å². The third-order valence-corrected chi connectivity index (χ3v) is 5.20. The summed E-state index contributed by atoms with van der Waals surface area (Å²) < 4.78 is 19.0. The first-order chi connectivity index (χ1) is 13.7. The molecular weight excluding hydrogens is 382 g/mol. The number of rotatable bonds is 4. The lowest BCUT2D eigenvalue weighted by Crippen LogP contribution is -2.37. The Bertz CT molecular complexity index is 1080. The molecule has 3 heterocycles. The number of hydrogen-bond acceptors (Lipinski definition) is 7. The molecule has 1 N–H and O–H groups in total. The van der Waals surface area contributed by atoms with Gasteiger partial charge in [0, 0.05) is 24.8 Å². The monoisotopic (exact) mass is 397 g/mol. The van der Waals surface area contributed by atoms with E-state index in [4.69, 9.17) is 9.47 Å². The van der Waals surface area contributed by atoms with Crippen LogP contribution in [0.4, 0.5) is 16.2 Å². The quantitative estimate of drug-likeness (QED) is 0.726. The van der Waals surface area contributed by atoms with Crippen molar-refractivity contribution in [3.05, 3.63) is 36.4 Å². The molecule has 5 rings (SSSR count). The minimum absolute atomic E-state index is 0.0339. The molecule has 2 aliphatic heterocycles. The number of carbonyl (C=O) groups excluding carboxylic acids is 2. The van der Waals surface area contributed by atoms with Crippen molar-refractivity contribution in [3.63, 3.8) is 0 Å². The molecule has 0 aliphatic carbocycles. The van der Waals surface area contributed by atoms with Gasteiger partial charge < -0.3 is 19.7 Å². The largest absolute Gasteiger partial charge is 0.454 e. The third kappa shape index (κ3) is 2.87. The molecule has 9 nitrogen and oxygen atoms in total. The number of anilines is 2. The second-order valence-electron chi connectivity index (χ2n) is 6.38. The molecule has 2 aliphatic rings. The summed E-state index contributed by atoms with van der Waals surface area (Å²) in [5.74, 6) is 1.00. The zero-order valence-electron chi connectivity index (χ0n) is 14.6. The van der Waals surface area contributed by atoms with Gasteiger partial charge in [-0.2, -0.15) is 8.75 Å². The van der Waals surface area contributed by atoms with Crippen molar-refractivity contribution >= 4 is 46.1 Å². The highest BCUT2D eigenvalue weighted by Crippen LogP contribution is 2.36. The van der Waals surface area contributed by atoms with Gasteiger partial charge in [0.05, 0.1) is 17.4 Å². The molecule has 1 saturated heterocycles. The zero-order valence-corrected chi connectivity index (χ0v) is 15.4. The van der Waals surface area contributed by atoms with Gasteiger partial charge in [0.25, 0.3) is 0 Å². The van der Waals surface area contributed by atoms with Crippen LogP contribution in [0.3, 0.4) is 0 Å². The fourth-order valence-corrected chi connectivity index (χ4v) is 3.84. The Morgan fingerprint density at radius 1 is 1.14 bits per heavy atom. The van der Waals surface area contributed by atoms with Gasteiger partial charge in [0.1, 0.15) is 17.6 Å². The zero-order chi connectivity index (χ0) is 19.1. The predicted octanol–water partition coefficient (Wildman–Crippen LogP) is 2.30. The van der Waals surface area contributed by atoms with E-state index in [1.54, 1.807) is 23.1 Å². The summed E-state index contributed by atoms with van der Waals surface area (Å²) in [5.41, 5.74) is 2.69. The number of nitrogens with zero attached hydrogens (tertiary/aromatic N) is 4. The molecule has 28 heavy (non-hydrogen) atoms. The van der Waals surface area contributed by atoms with Crippen LogP contribution in [0.25, 0.3) is 11.0 Å². The number of ether oxygens (including phenoxy) is 2. The summed E-state index contributed by atoms with van der Waals surface area (Å²) in [4.78, 5) is 28.4. The van der Waals surface area contributed by atoms with Gasteiger partial charge >= 0.3 is 6.03 Å². The Balaban J connectivity index is 1.27. The van der Waals surface area contributed by atoms with Gasteiger partial charge in [-0.1, -0.05) is 6.07 Å². The van der Waals surface area contributed by atoms with E-state index in [-0.39, 0.29) is 25.3 Å². The van der Waals surface area contributed by atoms with E-state index in [2.05, 4.69) is 14.1 Å². The topological polar surface area (TPSA) is 96.9 Å². The van der Waals surface area contributed by atoms with E-state index in [1.807, 2.05) is 18.2 Å². The molecule has 0 saturated carbocycles. The predicted molar refractivity (Wildman–Crippen MR) is 103 cm³/mol. The van der Waals surface area contributed by atoms with Crippen LogP contribution in [0.15, 0.2) is 36.4 Å². The fraction of sp³-hybridized carbons (Fsp3) is 0.222. The van der Waals surface area contributed by atoms with Crippen LogP contribution in [0.5, 0.6) is 11.5 Å². The molecule has 3 aromatic rings. The molecule has 0 unspecified atom stereocenters. The Morgan fingerprint density at radius 3 is 2.96 bits per heavy atom. The second kappa shape index (κ2) is 6.64. The lowest BCUT2D eigenvalue weighted by Gasteiger charge is -2.18. The maximum absolute atomic E-state index is 12.7. The smallest absolute Gasteiger partial charge is 0.325 e. The maximum Gasteiger partial charge on any atom is 0.325 e. The summed E-state index contributed by atoms with van der Waals surface area (Å²) in [7, 11) is 0. The molecular formula is C18H15N5O4S. The van der Waals surface area contributed by atoms with Gasteiger partial charge in [-0.25, -0.2) is 4.79 Å². The Hall–Kier alpha value is -3.40. The number of hydrogen-bond donors (Lipinski definition) is 1. The minimum Gasteiger partial charge on any atom is -0.454 e. The Morgan fingerprint density at radius 2 is 2.04 bits per heavy atom. The summed E-state index contributed by atoms with van der Waals surface area (Å²) in [6.07, 6.45) is 0. The molecule has 2 aromatic carbocycles. The van der Waals surface area contributed by atoms with Crippen LogP contribution in [0.2, 0.25) is 0 Å². The van der Waals surface area contributed by atoms with Crippen molar-refractivity contribution in [2.45, 2.75) is 0 Å². The highest BCUT2D eigenvalue weighted by Gasteiger charge is 2.31. The molecule has 0 spiro atoms. The molecule has 1 aromatic heterocycles. The third-order valence-electron chi connectivity index (χ3n) is 4.66. The molecule has 0 radical (unpaired) electrons. The van der Waals surface area contributed by atoms with Crippen molar-refractivity contribution in [3.8, 4) is 11.5 Å². The SMILES string of the molecule is O=C(CN1CCN(c2ccc3c(c2)OCO3)C1=O)Nc1cccc2nsnc12. The molecule has 3 amide bonds. The van der Waals surface area contributed by atoms with Gasteiger partial charge in [0.2, 0.25) is 12.7 Å². The van der Waals surface area contributed by atoms with Gasteiger partial charge in [-0.05, 0) is 24.3 Å². The average molecular weight is 397 g/mol. The van der Waals surface area contributed by atoms with Crippen LogP contribution < -0.4 is 19.7 Å². The number of aromatic nitrogens is 2. The van der Waals surface area contributed by atoms with Crippen molar-refractivity contribution < 1.29 is 19.1 Å². The van der Waals surface area contributed by atoms with Gasteiger partial charge in [-0.3, -0.25) is 9.69 Å². The van der Waals surface area contributed by atoms with E-state index in [1.165, 1.54) is 4.90 Å². The Kier molecular flexibility index (Phi) is 3.97. The van der Waals surface area contributed by atoms with E-state index in [0.717, 1.165) is 22.9 Å².